The summed E-state index contributed by atoms with van der Waals surface area (Å²) in [7, 11) is -3.54. The molecule has 1 fully saturated rings. The third-order valence-corrected chi connectivity index (χ3v) is 7.17. The van der Waals surface area contributed by atoms with Crippen molar-refractivity contribution in [2.24, 2.45) is 0 Å². The smallest absolute Gasteiger partial charge is 0.336 e. The molecule has 2 aromatic rings. The summed E-state index contributed by atoms with van der Waals surface area (Å²) in [5, 5.41) is 10.9. The van der Waals surface area contributed by atoms with Crippen molar-refractivity contribution in [1.29, 1.82) is 0 Å². The molecule has 0 aliphatic carbocycles. The quantitative estimate of drug-likeness (QED) is 0.808. The number of rotatable bonds is 5. The van der Waals surface area contributed by atoms with Crippen LogP contribution in [-0.2, 0) is 10.0 Å². The van der Waals surface area contributed by atoms with E-state index in [4.69, 9.17) is 0 Å². The Morgan fingerprint density at radius 3 is 2.31 bits per heavy atom. The molecule has 2 heterocycles. The molecule has 1 aliphatic heterocycles. The number of sulfonamides is 1. The number of amides is 1. The minimum Gasteiger partial charge on any atom is -0.478 e. The molecule has 0 unspecified atom stereocenters. The van der Waals surface area contributed by atoms with Crippen LogP contribution in [0.5, 0.6) is 0 Å². The van der Waals surface area contributed by atoms with Gasteiger partial charge in [0.1, 0.15) is 4.21 Å². The van der Waals surface area contributed by atoms with Crippen molar-refractivity contribution in [3.8, 4) is 0 Å². The minimum atomic E-state index is -3.54. The van der Waals surface area contributed by atoms with Gasteiger partial charge in [0.2, 0.25) is 10.0 Å². The summed E-state index contributed by atoms with van der Waals surface area (Å²) in [4.78, 5) is 25.5. The van der Waals surface area contributed by atoms with Gasteiger partial charge in [0.05, 0.1) is 11.1 Å². The van der Waals surface area contributed by atoms with Gasteiger partial charge in [-0.1, -0.05) is 18.2 Å². The van der Waals surface area contributed by atoms with Gasteiger partial charge in [-0.25, -0.2) is 17.9 Å². The summed E-state index contributed by atoms with van der Waals surface area (Å²) in [6.45, 7) is 0.731. The summed E-state index contributed by atoms with van der Waals surface area (Å²) >= 11 is 1.15. The SMILES string of the molecule is O=C(O)c1ccccc1C(=O)N1CCC(NS(=O)(=O)c2cccs2)CC1. The molecule has 2 N–H and O–H groups in total. The van der Waals surface area contributed by atoms with Crippen LogP contribution < -0.4 is 4.72 Å². The van der Waals surface area contributed by atoms with Crippen molar-refractivity contribution < 1.29 is 23.1 Å². The second kappa shape index (κ2) is 7.56. The van der Waals surface area contributed by atoms with E-state index in [9.17, 15) is 23.1 Å². The van der Waals surface area contributed by atoms with Crippen LogP contribution in [0.15, 0.2) is 46.0 Å². The number of carboxylic acid groups (broad SMARTS) is 1. The van der Waals surface area contributed by atoms with E-state index >= 15 is 0 Å². The van der Waals surface area contributed by atoms with Crippen LogP contribution in [0.25, 0.3) is 0 Å². The Hall–Kier alpha value is -2.23. The Kier molecular flexibility index (Phi) is 5.40. The Bertz CT molecular complexity index is 901. The lowest BCUT2D eigenvalue weighted by atomic mass is 10.0. The van der Waals surface area contributed by atoms with E-state index in [-0.39, 0.29) is 27.3 Å². The van der Waals surface area contributed by atoms with Gasteiger partial charge in [-0.15, -0.1) is 11.3 Å². The summed E-state index contributed by atoms with van der Waals surface area (Å²) in [5.41, 5.74) is 0.121. The minimum absolute atomic E-state index is 0.0296. The zero-order chi connectivity index (χ0) is 18.7. The highest BCUT2D eigenvalue weighted by Gasteiger charge is 2.29. The largest absolute Gasteiger partial charge is 0.478 e. The normalized spacial score (nSPS) is 15.8. The van der Waals surface area contributed by atoms with E-state index in [2.05, 4.69) is 4.72 Å². The Morgan fingerprint density at radius 1 is 1.08 bits per heavy atom. The predicted octanol–water partition coefficient (Wildman–Crippen LogP) is 2.03. The maximum absolute atomic E-state index is 12.6. The van der Waals surface area contributed by atoms with Gasteiger partial charge >= 0.3 is 5.97 Å². The van der Waals surface area contributed by atoms with E-state index in [1.54, 1.807) is 34.5 Å². The molecular weight excluding hydrogens is 376 g/mol. The molecule has 0 bridgehead atoms. The molecule has 7 nitrogen and oxygen atoms in total. The maximum Gasteiger partial charge on any atom is 0.336 e. The summed E-state index contributed by atoms with van der Waals surface area (Å²) in [6, 6.07) is 9.08. The fourth-order valence-electron chi connectivity index (χ4n) is 2.92. The number of hydrogen-bond donors (Lipinski definition) is 2. The summed E-state index contributed by atoms with van der Waals surface area (Å²) in [5.74, 6) is -1.49. The first-order valence-electron chi connectivity index (χ1n) is 8.06. The lowest BCUT2D eigenvalue weighted by Gasteiger charge is -2.32. The average Bonchev–Trinajstić information content (AvgIpc) is 3.17. The monoisotopic (exact) mass is 394 g/mol. The third kappa shape index (κ3) is 3.95. The first-order chi connectivity index (χ1) is 12.4. The molecule has 3 rings (SSSR count). The van der Waals surface area contributed by atoms with Crippen molar-refractivity contribution in [3.05, 3.63) is 52.9 Å². The number of carboxylic acids is 1. The number of hydrogen-bond acceptors (Lipinski definition) is 5. The second-order valence-corrected chi connectivity index (χ2v) is 8.86. The van der Waals surface area contributed by atoms with Gasteiger partial charge in [-0.3, -0.25) is 4.79 Å². The molecule has 1 aliphatic rings. The van der Waals surface area contributed by atoms with E-state index < -0.39 is 16.0 Å². The van der Waals surface area contributed by atoms with Crippen LogP contribution in [0, 0.1) is 0 Å². The third-order valence-electron chi connectivity index (χ3n) is 4.25. The number of nitrogens with one attached hydrogen (secondary N) is 1. The fourth-order valence-corrected chi connectivity index (χ4v) is 5.24. The first-order valence-corrected chi connectivity index (χ1v) is 10.4. The molecule has 1 aromatic carbocycles. The lowest BCUT2D eigenvalue weighted by molar-refractivity contribution is 0.0661. The van der Waals surface area contributed by atoms with Crippen LogP contribution in [0.2, 0.25) is 0 Å². The van der Waals surface area contributed by atoms with E-state index in [1.165, 1.54) is 12.1 Å². The highest BCUT2D eigenvalue weighted by atomic mass is 32.2. The van der Waals surface area contributed by atoms with Crippen molar-refractivity contribution in [1.82, 2.24) is 9.62 Å². The summed E-state index contributed by atoms with van der Waals surface area (Å²) in [6.07, 6.45) is 0.956. The van der Waals surface area contributed by atoms with Crippen LogP contribution in [0.1, 0.15) is 33.6 Å². The van der Waals surface area contributed by atoms with Crippen LogP contribution in [0.3, 0.4) is 0 Å². The van der Waals surface area contributed by atoms with Crippen LogP contribution >= 0.6 is 11.3 Å². The standard InChI is InChI=1S/C17H18N2O5S2/c20-16(13-4-1-2-5-14(13)17(21)22)19-9-7-12(8-10-19)18-26(23,24)15-6-3-11-25-15/h1-6,11-12,18H,7-10H2,(H,21,22). The van der Waals surface area contributed by atoms with Crippen molar-refractivity contribution in [2.45, 2.75) is 23.1 Å². The van der Waals surface area contributed by atoms with E-state index in [1.807, 2.05) is 0 Å². The van der Waals surface area contributed by atoms with Gasteiger partial charge in [0, 0.05) is 19.1 Å². The lowest BCUT2D eigenvalue weighted by Crippen LogP contribution is -2.46. The number of piperidine rings is 1. The number of thiophene rings is 1. The molecular formula is C17H18N2O5S2. The Labute approximate surface area is 155 Å². The van der Waals surface area contributed by atoms with Gasteiger partial charge in [-0.05, 0) is 36.4 Å². The zero-order valence-corrected chi connectivity index (χ0v) is 15.4. The van der Waals surface area contributed by atoms with Crippen molar-refractivity contribution in [3.63, 3.8) is 0 Å². The molecule has 0 spiro atoms. The molecule has 9 heteroatoms. The highest BCUT2D eigenvalue weighted by Crippen LogP contribution is 2.20. The molecule has 1 amide bonds. The van der Waals surface area contributed by atoms with Crippen molar-refractivity contribution >= 4 is 33.2 Å². The summed E-state index contributed by atoms with van der Waals surface area (Å²) < 4.78 is 27.5. The molecule has 0 radical (unpaired) electrons. The molecule has 0 atom stereocenters. The first kappa shape index (κ1) is 18.6. The number of benzene rings is 1. The van der Waals surface area contributed by atoms with E-state index in [0.717, 1.165) is 11.3 Å². The van der Waals surface area contributed by atoms with Gasteiger partial charge in [0.25, 0.3) is 5.91 Å². The molecule has 1 saturated heterocycles. The Morgan fingerprint density at radius 2 is 1.73 bits per heavy atom. The van der Waals surface area contributed by atoms with Crippen LogP contribution in [0.4, 0.5) is 0 Å². The van der Waals surface area contributed by atoms with Gasteiger partial charge < -0.3 is 10.0 Å². The average molecular weight is 394 g/mol. The topological polar surface area (TPSA) is 104 Å². The number of carbonyl (C=O) groups excluding carboxylic acids is 1. The second-order valence-electron chi connectivity index (χ2n) is 5.97. The number of aromatic carboxylic acids is 1. The number of likely N-dealkylation sites (tertiary alicyclic amines) is 1. The van der Waals surface area contributed by atoms with E-state index in [0.29, 0.717) is 25.9 Å². The number of carbonyl (C=O) groups is 2. The molecule has 26 heavy (non-hydrogen) atoms. The number of nitrogens with zero attached hydrogens (tertiary/aromatic N) is 1. The van der Waals surface area contributed by atoms with Gasteiger partial charge in [0.15, 0.2) is 0 Å². The predicted molar refractivity (Wildman–Crippen MR) is 97.0 cm³/mol. The Balaban J connectivity index is 1.64. The molecule has 0 saturated carbocycles. The molecule has 1 aromatic heterocycles. The maximum atomic E-state index is 12.6. The van der Waals surface area contributed by atoms with Crippen molar-refractivity contribution in [2.75, 3.05) is 13.1 Å². The molecule has 138 valence electrons. The highest BCUT2D eigenvalue weighted by molar-refractivity contribution is 7.91. The van der Waals surface area contributed by atoms with Gasteiger partial charge in [-0.2, -0.15) is 0 Å². The van der Waals surface area contributed by atoms with Crippen LogP contribution in [-0.4, -0.2) is 49.4 Å². The zero-order valence-electron chi connectivity index (χ0n) is 13.8. The fraction of sp³-hybridized carbons (Fsp3) is 0.294.